The Hall–Kier alpha value is -2.43. The highest BCUT2D eigenvalue weighted by Crippen LogP contribution is 2.21. The molecule has 0 saturated carbocycles. The third-order valence-corrected chi connectivity index (χ3v) is 2.53. The number of fused-ring (bicyclic) bond motifs is 1. The van der Waals surface area contributed by atoms with Gasteiger partial charge in [-0.1, -0.05) is 11.6 Å². The van der Waals surface area contributed by atoms with E-state index in [4.69, 9.17) is 4.42 Å². The van der Waals surface area contributed by atoms with E-state index < -0.39 is 0 Å². The lowest BCUT2D eigenvalue weighted by Crippen LogP contribution is -2.01. The first-order chi connectivity index (χ1) is 8.24. The predicted octanol–water partition coefficient (Wildman–Crippen LogP) is 2.09. The third-order valence-electron chi connectivity index (χ3n) is 2.53. The van der Waals surface area contributed by atoms with Crippen molar-refractivity contribution < 1.29 is 9.21 Å². The Labute approximate surface area is 96.5 Å². The van der Waals surface area contributed by atoms with Crippen LogP contribution >= 0.6 is 0 Å². The van der Waals surface area contributed by atoms with Gasteiger partial charge in [0, 0.05) is 5.39 Å². The highest BCUT2D eigenvalue weighted by Gasteiger charge is 2.16. The van der Waals surface area contributed by atoms with Crippen LogP contribution in [0.5, 0.6) is 0 Å². The molecular weight excluding hydrogens is 218 g/mol. The van der Waals surface area contributed by atoms with Gasteiger partial charge in [0.25, 0.3) is 5.78 Å². The molecule has 1 N–H and O–H groups in total. The molecule has 1 aromatic carbocycles. The van der Waals surface area contributed by atoms with E-state index in [-0.39, 0.29) is 17.4 Å². The first-order valence-corrected chi connectivity index (χ1v) is 5.14. The standard InChI is InChI=1S/C12H9N3O2/c1-7-2-3-9-8(4-7)5-10(17-9)11(16)12-13-6-14-15-12/h2-6H,1H3,(H,13,14,15). The maximum absolute atomic E-state index is 11.9. The van der Waals surface area contributed by atoms with Crippen LogP contribution in [0.2, 0.25) is 0 Å². The molecule has 5 heteroatoms. The molecule has 0 fully saturated rings. The molecule has 0 spiro atoms. The van der Waals surface area contributed by atoms with Crippen molar-refractivity contribution in [2.24, 2.45) is 0 Å². The minimum Gasteiger partial charge on any atom is -0.452 e. The maximum Gasteiger partial charge on any atom is 0.264 e. The van der Waals surface area contributed by atoms with E-state index >= 15 is 0 Å². The number of benzene rings is 1. The molecule has 17 heavy (non-hydrogen) atoms. The molecular formula is C12H9N3O2. The van der Waals surface area contributed by atoms with Crippen molar-refractivity contribution in [3.8, 4) is 0 Å². The highest BCUT2D eigenvalue weighted by atomic mass is 16.3. The Morgan fingerprint density at radius 2 is 2.24 bits per heavy atom. The second kappa shape index (κ2) is 3.55. The fourth-order valence-corrected chi connectivity index (χ4v) is 1.71. The molecule has 2 aromatic heterocycles. The number of aromatic amines is 1. The van der Waals surface area contributed by atoms with Crippen LogP contribution in [0.4, 0.5) is 0 Å². The molecule has 0 amide bonds. The van der Waals surface area contributed by atoms with Crippen LogP contribution < -0.4 is 0 Å². The Morgan fingerprint density at radius 1 is 1.35 bits per heavy atom. The van der Waals surface area contributed by atoms with E-state index in [0.29, 0.717) is 5.58 Å². The fourth-order valence-electron chi connectivity index (χ4n) is 1.71. The summed E-state index contributed by atoms with van der Waals surface area (Å²) in [5, 5.41) is 7.07. The SMILES string of the molecule is Cc1ccc2oc(C(=O)c3ncn[nH]3)cc2c1. The summed E-state index contributed by atoms with van der Waals surface area (Å²) in [5.74, 6) is 0.152. The summed E-state index contributed by atoms with van der Waals surface area (Å²) in [5.41, 5.74) is 1.82. The smallest absolute Gasteiger partial charge is 0.264 e. The molecule has 5 nitrogen and oxygen atoms in total. The summed E-state index contributed by atoms with van der Waals surface area (Å²) >= 11 is 0. The van der Waals surface area contributed by atoms with Gasteiger partial charge >= 0.3 is 0 Å². The van der Waals surface area contributed by atoms with E-state index in [1.54, 1.807) is 6.07 Å². The van der Waals surface area contributed by atoms with Crippen molar-refractivity contribution in [3.05, 3.63) is 47.7 Å². The number of hydrogen-bond donors (Lipinski definition) is 1. The van der Waals surface area contributed by atoms with Crippen molar-refractivity contribution in [2.45, 2.75) is 6.92 Å². The Bertz CT molecular complexity index is 683. The van der Waals surface area contributed by atoms with Gasteiger partial charge in [-0.2, -0.15) is 5.10 Å². The summed E-state index contributed by atoms with van der Waals surface area (Å²) in [4.78, 5) is 15.7. The minimum absolute atomic E-state index is 0.181. The monoisotopic (exact) mass is 227 g/mol. The number of aromatic nitrogens is 3. The Morgan fingerprint density at radius 3 is 3.00 bits per heavy atom. The van der Waals surface area contributed by atoms with Crippen molar-refractivity contribution in [2.75, 3.05) is 0 Å². The minimum atomic E-state index is -0.295. The van der Waals surface area contributed by atoms with E-state index in [2.05, 4.69) is 15.2 Å². The van der Waals surface area contributed by atoms with Crippen LogP contribution in [0.25, 0.3) is 11.0 Å². The van der Waals surface area contributed by atoms with E-state index in [9.17, 15) is 4.79 Å². The molecule has 0 radical (unpaired) electrons. The lowest BCUT2D eigenvalue weighted by molar-refractivity contribution is 0.100. The fraction of sp³-hybridized carbons (Fsp3) is 0.0833. The first-order valence-electron chi connectivity index (χ1n) is 5.14. The molecule has 0 bridgehead atoms. The van der Waals surface area contributed by atoms with Crippen LogP contribution in [0.1, 0.15) is 21.9 Å². The van der Waals surface area contributed by atoms with Gasteiger partial charge in [-0.25, -0.2) is 4.98 Å². The first kappa shape index (κ1) is 9.77. The zero-order chi connectivity index (χ0) is 11.8. The summed E-state index contributed by atoms with van der Waals surface area (Å²) in [7, 11) is 0. The molecule has 0 aliphatic carbocycles. The van der Waals surface area contributed by atoms with Gasteiger partial charge in [0.15, 0.2) is 11.6 Å². The number of nitrogens with one attached hydrogen (secondary N) is 1. The molecule has 3 aromatic rings. The lowest BCUT2D eigenvalue weighted by Gasteiger charge is -1.90. The van der Waals surface area contributed by atoms with Gasteiger partial charge in [0.1, 0.15) is 11.9 Å². The number of rotatable bonds is 2. The van der Waals surface area contributed by atoms with Crippen LogP contribution in [0.3, 0.4) is 0 Å². The van der Waals surface area contributed by atoms with Gasteiger partial charge in [-0.3, -0.25) is 9.89 Å². The molecule has 0 unspecified atom stereocenters. The zero-order valence-electron chi connectivity index (χ0n) is 9.10. The molecule has 2 heterocycles. The molecule has 3 rings (SSSR count). The molecule has 0 aliphatic rings. The van der Waals surface area contributed by atoms with Crippen LogP contribution in [0, 0.1) is 6.92 Å². The van der Waals surface area contributed by atoms with Crippen molar-refractivity contribution >= 4 is 16.8 Å². The number of H-pyrrole nitrogens is 1. The summed E-state index contributed by atoms with van der Waals surface area (Å²) in [6.07, 6.45) is 1.29. The number of nitrogens with zero attached hydrogens (tertiary/aromatic N) is 2. The molecule has 0 aliphatic heterocycles. The number of ketones is 1. The average Bonchev–Trinajstić information content (AvgIpc) is 2.96. The topological polar surface area (TPSA) is 71.8 Å². The molecule has 84 valence electrons. The van der Waals surface area contributed by atoms with Crippen molar-refractivity contribution in [3.63, 3.8) is 0 Å². The summed E-state index contributed by atoms with van der Waals surface area (Å²) in [6.45, 7) is 1.99. The van der Waals surface area contributed by atoms with E-state index in [1.165, 1.54) is 6.33 Å². The number of hydrogen-bond acceptors (Lipinski definition) is 4. The third kappa shape index (κ3) is 1.61. The predicted molar refractivity (Wildman–Crippen MR) is 60.8 cm³/mol. The van der Waals surface area contributed by atoms with Gasteiger partial charge in [-0.15, -0.1) is 0 Å². The van der Waals surface area contributed by atoms with Gasteiger partial charge < -0.3 is 4.42 Å². The molecule has 0 saturated heterocycles. The number of aryl methyl sites for hydroxylation is 1. The van der Waals surface area contributed by atoms with Crippen LogP contribution in [-0.4, -0.2) is 21.0 Å². The Kier molecular flexibility index (Phi) is 2.04. The van der Waals surface area contributed by atoms with Gasteiger partial charge in [-0.05, 0) is 25.1 Å². The summed E-state index contributed by atoms with van der Waals surface area (Å²) in [6, 6.07) is 7.47. The summed E-state index contributed by atoms with van der Waals surface area (Å²) < 4.78 is 5.47. The molecule has 0 atom stereocenters. The zero-order valence-corrected chi connectivity index (χ0v) is 9.10. The van der Waals surface area contributed by atoms with E-state index in [0.717, 1.165) is 10.9 Å². The van der Waals surface area contributed by atoms with Crippen LogP contribution in [0.15, 0.2) is 35.0 Å². The average molecular weight is 227 g/mol. The van der Waals surface area contributed by atoms with Gasteiger partial charge in [0.2, 0.25) is 0 Å². The highest BCUT2D eigenvalue weighted by molar-refractivity contribution is 6.06. The Balaban J connectivity index is 2.09. The second-order valence-electron chi connectivity index (χ2n) is 3.82. The largest absolute Gasteiger partial charge is 0.452 e. The lowest BCUT2D eigenvalue weighted by atomic mass is 10.2. The van der Waals surface area contributed by atoms with Crippen LogP contribution in [-0.2, 0) is 0 Å². The maximum atomic E-state index is 11.9. The van der Waals surface area contributed by atoms with E-state index in [1.807, 2.05) is 25.1 Å². The number of carbonyl (C=O) groups is 1. The number of furan rings is 1. The normalized spacial score (nSPS) is 10.9. The second-order valence-corrected chi connectivity index (χ2v) is 3.82. The quantitative estimate of drug-likeness (QED) is 0.680. The number of carbonyl (C=O) groups excluding carboxylic acids is 1. The van der Waals surface area contributed by atoms with Crippen molar-refractivity contribution in [1.29, 1.82) is 0 Å². The van der Waals surface area contributed by atoms with Gasteiger partial charge in [0.05, 0.1) is 0 Å². The van der Waals surface area contributed by atoms with Crippen molar-refractivity contribution in [1.82, 2.24) is 15.2 Å².